The number of hydrogen-bond donors (Lipinski definition) is 1. The quantitative estimate of drug-likeness (QED) is 0.0570. The molecule has 0 fully saturated rings. The number of rotatable bonds is 21. The third-order valence-corrected chi connectivity index (χ3v) is 10.6. The van der Waals surface area contributed by atoms with Gasteiger partial charge in [0, 0.05) is 6.38 Å². The maximum atomic E-state index is 14.0. The predicted octanol–water partition coefficient (Wildman–Crippen LogP) is 20.3. The summed E-state index contributed by atoms with van der Waals surface area (Å²) in [6.07, 6.45) is 25.1. The van der Waals surface area contributed by atoms with Crippen LogP contribution in [0.4, 0.5) is 4.39 Å². The Morgan fingerprint density at radius 1 is 0.812 bits per heavy atom. The Morgan fingerprint density at radius 2 is 1.44 bits per heavy atom. The zero-order valence-electron chi connectivity index (χ0n) is 44.7. The first-order valence-corrected chi connectivity index (χ1v) is 25.8. The summed E-state index contributed by atoms with van der Waals surface area (Å²) in [6.45, 7) is 50.2. The van der Waals surface area contributed by atoms with Gasteiger partial charge in [-0.3, -0.25) is 0 Å². The van der Waals surface area contributed by atoms with Crippen LogP contribution < -0.4 is 5.32 Å². The van der Waals surface area contributed by atoms with E-state index in [1.165, 1.54) is 99.8 Å². The maximum absolute atomic E-state index is 14.0. The molecule has 1 atom stereocenters. The summed E-state index contributed by atoms with van der Waals surface area (Å²) in [6, 6.07) is 14.5. The molecule has 3 rings (SSSR count). The molecule has 1 aliphatic rings. The van der Waals surface area contributed by atoms with Crippen LogP contribution in [0.2, 0.25) is 0 Å². The van der Waals surface area contributed by atoms with E-state index in [1.807, 2.05) is 33.8 Å². The molecule has 0 saturated heterocycles. The maximum Gasteiger partial charge on any atom is 0.123 e. The van der Waals surface area contributed by atoms with Crippen LogP contribution in [0.1, 0.15) is 203 Å². The highest BCUT2D eigenvalue weighted by Crippen LogP contribution is 2.39. The lowest BCUT2D eigenvalue weighted by Gasteiger charge is -2.18. The van der Waals surface area contributed by atoms with Crippen molar-refractivity contribution >= 4 is 17.2 Å². The minimum atomic E-state index is -0.137. The lowest BCUT2D eigenvalue weighted by molar-refractivity contribution is 0.469. The van der Waals surface area contributed by atoms with Gasteiger partial charge >= 0.3 is 0 Å². The van der Waals surface area contributed by atoms with Crippen molar-refractivity contribution in [3.63, 3.8) is 0 Å². The Bertz CT molecular complexity index is 1620. The fourth-order valence-electron chi connectivity index (χ4n) is 7.53. The molecule has 0 spiro atoms. The van der Waals surface area contributed by atoms with E-state index in [0.29, 0.717) is 0 Å². The number of alkyl halides is 1. The normalized spacial score (nSPS) is 12.4. The summed E-state index contributed by atoms with van der Waals surface area (Å²) in [5.74, 6) is 0.686. The van der Waals surface area contributed by atoms with E-state index in [0.717, 1.165) is 88.8 Å². The molecule has 3 heteroatoms. The fourth-order valence-corrected chi connectivity index (χ4v) is 7.53. The number of nitrogens with one attached hydrogen (secondary N) is 1. The van der Waals surface area contributed by atoms with Gasteiger partial charge in [0.25, 0.3) is 0 Å². The Hall–Kier alpha value is -3.46. The topological polar surface area (TPSA) is 12.0 Å². The second-order valence-electron chi connectivity index (χ2n) is 16.0. The van der Waals surface area contributed by atoms with E-state index >= 15 is 0 Å². The summed E-state index contributed by atoms with van der Waals surface area (Å²) >= 11 is 4.64. The third kappa shape index (κ3) is 30.6. The Balaban J connectivity index is -0.000000455. The van der Waals surface area contributed by atoms with Crippen LogP contribution in [0.5, 0.6) is 0 Å². The summed E-state index contributed by atoms with van der Waals surface area (Å²) < 4.78 is 14.0. The second kappa shape index (κ2) is 46.1. The molecule has 0 aromatic heterocycles. The van der Waals surface area contributed by atoms with Crippen LogP contribution in [-0.2, 0) is 12.8 Å². The molecule has 0 amide bonds. The van der Waals surface area contributed by atoms with Crippen LogP contribution in [0.15, 0.2) is 133 Å². The highest BCUT2D eigenvalue weighted by molar-refractivity contribution is 6.15. The van der Waals surface area contributed by atoms with E-state index in [1.54, 1.807) is 12.1 Å². The van der Waals surface area contributed by atoms with Gasteiger partial charge in [0.2, 0.25) is 0 Å². The zero-order chi connectivity index (χ0) is 49.9. The fraction of sp³-hybridized carbons (Fsp3) is 0.541. The van der Waals surface area contributed by atoms with Crippen molar-refractivity contribution in [3.05, 3.63) is 161 Å². The number of benzene rings is 2. The summed E-state index contributed by atoms with van der Waals surface area (Å²) in [7, 11) is 0. The van der Waals surface area contributed by atoms with Gasteiger partial charge < -0.3 is 5.32 Å². The van der Waals surface area contributed by atoms with Gasteiger partial charge in [0.1, 0.15) is 5.82 Å². The number of aryl methyl sites for hydroxylation is 2. The van der Waals surface area contributed by atoms with Gasteiger partial charge in [-0.05, 0) is 168 Å². The molecule has 0 bridgehead atoms. The van der Waals surface area contributed by atoms with E-state index in [9.17, 15) is 4.39 Å². The first-order valence-electron chi connectivity index (χ1n) is 25.0. The smallest absolute Gasteiger partial charge is 0.123 e. The summed E-state index contributed by atoms with van der Waals surface area (Å²) in [5, 5.41) is 3.36. The highest BCUT2D eigenvalue weighted by Gasteiger charge is 2.21. The molecule has 2 aromatic rings. The van der Waals surface area contributed by atoms with Crippen molar-refractivity contribution < 1.29 is 4.39 Å². The van der Waals surface area contributed by atoms with Crippen molar-refractivity contribution in [3.8, 4) is 0 Å². The van der Waals surface area contributed by atoms with Crippen molar-refractivity contribution in [2.75, 3.05) is 19.5 Å². The molecule has 0 heterocycles. The lowest BCUT2D eigenvalue weighted by Crippen LogP contribution is -2.14. The van der Waals surface area contributed by atoms with Crippen LogP contribution >= 0.6 is 11.6 Å². The van der Waals surface area contributed by atoms with Gasteiger partial charge in [0.15, 0.2) is 0 Å². The van der Waals surface area contributed by atoms with Gasteiger partial charge in [0.05, 0.1) is 0 Å². The number of fused-ring (bicyclic) bond motifs is 1. The van der Waals surface area contributed by atoms with Crippen molar-refractivity contribution in [1.82, 2.24) is 5.32 Å². The molecule has 0 radical (unpaired) electrons. The monoisotopic (exact) mass is 902 g/mol. The van der Waals surface area contributed by atoms with Gasteiger partial charge in [-0.2, -0.15) is 0 Å². The minimum absolute atomic E-state index is 0.137. The second-order valence-corrected chi connectivity index (χ2v) is 16.0. The number of halogens is 2. The molecule has 64 heavy (non-hydrogen) atoms. The average molecular weight is 903 g/mol. The predicted molar refractivity (Wildman–Crippen MR) is 297 cm³/mol. The lowest BCUT2D eigenvalue weighted by atomic mass is 9.86. The minimum Gasteiger partial charge on any atom is -0.317 e. The molecule has 1 aliphatic carbocycles. The average Bonchev–Trinajstić information content (AvgIpc) is 3.49. The zero-order valence-corrected chi connectivity index (χ0v) is 45.4. The molecule has 1 nitrogen and oxygen atoms in total. The molecule has 0 saturated carbocycles. The van der Waals surface area contributed by atoms with E-state index in [2.05, 4.69) is 162 Å². The van der Waals surface area contributed by atoms with Gasteiger partial charge in [-0.1, -0.05) is 185 Å². The number of hydrogen-bond acceptors (Lipinski definition) is 1. The van der Waals surface area contributed by atoms with Crippen molar-refractivity contribution in [1.29, 1.82) is 0 Å². The van der Waals surface area contributed by atoms with E-state index in [-0.39, 0.29) is 5.82 Å². The van der Waals surface area contributed by atoms with Crippen molar-refractivity contribution in [2.45, 2.75) is 193 Å². The van der Waals surface area contributed by atoms with E-state index in [4.69, 9.17) is 0 Å². The summed E-state index contributed by atoms with van der Waals surface area (Å²) in [4.78, 5) is 0. The highest BCUT2D eigenvalue weighted by atomic mass is 35.5. The molecule has 2 aromatic carbocycles. The molecule has 1 N–H and O–H groups in total. The first-order chi connectivity index (χ1) is 30.9. The van der Waals surface area contributed by atoms with Crippen LogP contribution in [0.3, 0.4) is 0 Å². The SMILES string of the molecule is C=C.C=C(C)C(/C=C\C)=C(\CC)CCNCC.C=C(C)CC/C(C)=C/CC.C=C(CCC)C1=C(c2ccc(CCCC(C)CCC)cc2)c2ccc(F)cc2CCC1.CC.CC.CCl. The Labute approximate surface area is 404 Å². The van der Waals surface area contributed by atoms with Gasteiger partial charge in [-0.25, -0.2) is 4.39 Å². The van der Waals surface area contributed by atoms with Crippen LogP contribution in [0, 0.1) is 11.7 Å². The number of allylic oxidation sites excluding steroid dienone is 9. The molecule has 0 aliphatic heterocycles. The van der Waals surface area contributed by atoms with Crippen molar-refractivity contribution in [2.24, 2.45) is 5.92 Å². The van der Waals surface area contributed by atoms with Crippen LogP contribution in [-0.4, -0.2) is 19.5 Å². The molecule has 1 unspecified atom stereocenters. The molecular formula is C61H101ClFN. The largest absolute Gasteiger partial charge is 0.317 e. The van der Waals surface area contributed by atoms with E-state index < -0.39 is 0 Å². The van der Waals surface area contributed by atoms with Gasteiger partial charge in [-0.15, -0.1) is 31.3 Å². The molecule has 364 valence electrons. The Kier molecular flexibility index (Phi) is 48.3. The Morgan fingerprint density at radius 3 is 1.94 bits per heavy atom. The standard InChI is InChI=1S/C30H39F.C14H25N.C10H18.2C2H6.C2H4.CH3Cl/c1-5-9-22(3)11-7-12-24-15-17-25(18-16-24)30-28(23(4)10-6-2)14-8-13-26-21-27(31)19-20-29(26)30;1-6-9-14(12(4)5)13(7-2)10-11-15-8-3;1-5-6-10(4)8-7-9(2)3;4*1-2/h15-22H,4-14H2,1-3H3;6,9,15H,4,7-8,10-11H2,1-3,5H3;6H,2,5,7-8H2,1,3-4H3;2*1-2H3;1-2H2;1H3/b;9-6-,14-13+;10-6+;;;;. The molecular weight excluding hydrogens is 801 g/mol. The first kappa shape index (κ1) is 67.1. The third-order valence-electron chi connectivity index (χ3n) is 10.6. The van der Waals surface area contributed by atoms with Crippen LogP contribution in [0.25, 0.3) is 5.57 Å². The summed E-state index contributed by atoms with van der Waals surface area (Å²) in [5.41, 5.74) is 15.6.